The summed E-state index contributed by atoms with van der Waals surface area (Å²) >= 11 is 3.55. The van der Waals surface area contributed by atoms with Gasteiger partial charge in [0.2, 0.25) is 0 Å². The van der Waals surface area contributed by atoms with Crippen molar-refractivity contribution in [2.24, 2.45) is 5.84 Å². The number of para-hydroxylation sites is 1. The Hall–Kier alpha value is -1.63. The summed E-state index contributed by atoms with van der Waals surface area (Å²) in [4.78, 5) is 0. The van der Waals surface area contributed by atoms with Crippen LogP contribution in [-0.2, 0) is 6.54 Å². The predicted octanol–water partition coefficient (Wildman–Crippen LogP) is 3.35. The van der Waals surface area contributed by atoms with Crippen molar-refractivity contribution in [1.29, 1.82) is 0 Å². The molecule has 0 bridgehead atoms. The molecule has 0 radical (unpaired) electrons. The van der Waals surface area contributed by atoms with Crippen LogP contribution in [0, 0.1) is 0 Å². The molecule has 6 heteroatoms. The molecule has 110 valence electrons. The Morgan fingerprint density at radius 2 is 2.24 bits per heavy atom. The van der Waals surface area contributed by atoms with Crippen LogP contribution >= 0.6 is 15.9 Å². The van der Waals surface area contributed by atoms with E-state index in [9.17, 15) is 0 Å². The molecule has 0 aliphatic rings. The van der Waals surface area contributed by atoms with Gasteiger partial charge in [-0.3, -0.25) is 10.5 Å². The number of hydrazine groups is 1. The van der Waals surface area contributed by atoms with Gasteiger partial charge in [0.1, 0.15) is 17.4 Å². The molecule has 1 aromatic carbocycles. The first kappa shape index (κ1) is 14.3. The quantitative estimate of drug-likeness (QED) is 0.548. The third kappa shape index (κ3) is 2.62. The average Bonchev–Trinajstić information content (AvgIpc) is 3.06. The standard InChI is InChI=1S/C15H17BrN4O/c1-2-7-20-15(11(16)9-18-20)14(19-17)13-8-10-5-3-4-6-12(10)21-13/h3-6,8-9,14,19H,2,7,17H2,1H3. The number of benzene rings is 1. The fourth-order valence-corrected chi connectivity index (χ4v) is 3.01. The molecule has 1 unspecified atom stereocenters. The molecule has 3 N–H and O–H groups in total. The molecule has 0 amide bonds. The number of halogens is 1. The Morgan fingerprint density at radius 1 is 1.43 bits per heavy atom. The Morgan fingerprint density at radius 3 is 2.95 bits per heavy atom. The zero-order valence-corrected chi connectivity index (χ0v) is 13.3. The number of hydrogen-bond acceptors (Lipinski definition) is 4. The fraction of sp³-hybridized carbons (Fsp3) is 0.267. The van der Waals surface area contributed by atoms with Crippen molar-refractivity contribution in [3.05, 3.63) is 52.5 Å². The van der Waals surface area contributed by atoms with Crippen molar-refractivity contribution < 1.29 is 4.42 Å². The van der Waals surface area contributed by atoms with Gasteiger partial charge in [0, 0.05) is 11.9 Å². The Balaban J connectivity index is 2.07. The summed E-state index contributed by atoms with van der Waals surface area (Å²) in [6.45, 7) is 2.95. The normalized spacial score (nSPS) is 12.9. The highest BCUT2D eigenvalue weighted by Gasteiger charge is 2.24. The molecule has 0 aliphatic heterocycles. The van der Waals surface area contributed by atoms with E-state index in [1.165, 1.54) is 0 Å². The predicted molar refractivity (Wildman–Crippen MR) is 85.6 cm³/mol. The second-order valence-corrected chi connectivity index (χ2v) is 5.74. The molecule has 3 aromatic rings. The topological polar surface area (TPSA) is 69.0 Å². The van der Waals surface area contributed by atoms with Crippen LogP contribution < -0.4 is 11.3 Å². The zero-order valence-electron chi connectivity index (χ0n) is 11.7. The number of nitrogens with zero attached hydrogens (tertiary/aromatic N) is 2. The minimum Gasteiger partial charge on any atom is -0.459 e. The molecule has 21 heavy (non-hydrogen) atoms. The van der Waals surface area contributed by atoms with E-state index in [0.29, 0.717) is 0 Å². The second kappa shape index (κ2) is 6.01. The first-order valence-electron chi connectivity index (χ1n) is 6.90. The molecule has 0 aliphatic carbocycles. The minimum absolute atomic E-state index is 0.249. The SMILES string of the molecule is CCCn1ncc(Br)c1C(NN)c1cc2ccccc2o1. The van der Waals surface area contributed by atoms with Crippen molar-refractivity contribution in [3.8, 4) is 0 Å². The molecule has 0 saturated carbocycles. The monoisotopic (exact) mass is 348 g/mol. The number of fused-ring (bicyclic) bond motifs is 1. The van der Waals surface area contributed by atoms with Crippen LogP contribution in [0.1, 0.15) is 30.8 Å². The number of nitrogens with two attached hydrogens (primary N) is 1. The molecule has 5 nitrogen and oxygen atoms in total. The van der Waals surface area contributed by atoms with E-state index >= 15 is 0 Å². The highest BCUT2D eigenvalue weighted by molar-refractivity contribution is 9.10. The molecule has 0 fully saturated rings. The number of aromatic nitrogens is 2. The van der Waals surface area contributed by atoms with E-state index < -0.39 is 0 Å². The van der Waals surface area contributed by atoms with E-state index in [1.54, 1.807) is 6.20 Å². The van der Waals surface area contributed by atoms with Gasteiger partial charge in [-0.25, -0.2) is 5.43 Å². The highest BCUT2D eigenvalue weighted by atomic mass is 79.9. The lowest BCUT2D eigenvalue weighted by Crippen LogP contribution is -2.30. The van der Waals surface area contributed by atoms with Crippen molar-refractivity contribution >= 4 is 26.9 Å². The summed E-state index contributed by atoms with van der Waals surface area (Å²) in [7, 11) is 0. The Kier molecular flexibility index (Phi) is 4.10. The summed E-state index contributed by atoms with van der Waals surface area (Å²) in [5.41, 5.74) is 4.66. The summed E-state index contributed by atoms with van der Waals surface area (Å²) in [6.07, 6.45) is 2.79. The van der Waals surface area contributed by atoms with Crippen molar-refractivity contribution in [2.45, 2.75) is 25.9 Å². The van der Waals surface area contributed by atoms with Crippen LogP contribution in [0.5, 0.6) is 0 Å². The summed E-state index contributed by atoms with van der Waals surface area (Å²) < 4.78 is 8.79. The lowest BCUT2D eigenvalue weighted by atomic mass is 10.1. The molecule has 0 spiro atoms. The minimum atomic E-state index is -0.249. The van der Waals surface area contributed by atoms with Crippen LogP contribution in [0.15, 0.2) is 45.4 Å². The number of nitrogens with one attached hydrogen (secondary N) is 1. The summed E-state index contributed by atoms with van der Waals surface area (Å²) in [6, 6.07) is 9.68. The molecule has 0 saturated heterocycles. The van der Waals surface area contributed by atoms with Gasteiger partial charge < -0.3 is 4.42 Å². The molecule has 2 heterocycles. The van der Waals surface area contributed by atoms with Crippen LogP contribution in [-0.4, -0.2) is 9.78 Å². The fourth-order valence-electron chi connectivity index (χ4n) is 2.49. The van der Waals surface area contributed by atoms with Gasteiger partial charge >= 0.3 is 0 Å². The maximum atomic E-state index is 5.93. The third-order valence-electron chi connectivity index (χ3n) is 3.44. The zero-order chi connectivity index (χ0) is 14.8. The van der Waals surface area contributed by atoms with E-state index in [2.05, 4.69) is 33.4 Å². The van der Waals surface area contributed by atoms with Gasteiger partial charge in [0.05, 0.1) is 16.4 Å². The number of furan rings is 1. The van der Waals surface area contributed by atoms with E-state index in [4.69, 9.17) is 10.3 Å². The number of aryl methyl sites for hydroxylation is 1. The van der Waals surface area contributed by atoms with Gasteiger partial charge in [-0.05, 0) is 34.5 Å². The first-order chi connectivity index (χ1) is 10.2. The Bertz CT molecular complexity index is 716. The van der Waals surface area contributed by atoms with E-state index in [1.807, 2.05) is 35.0 Å². The van der Waals surface area contributed by atoms with E-state index in [-0.39, 0.29) is 6.04 Å². The van der Waals surface area contributed by atoms with Gasteiger partial charge in [-0.15, -0.1) is 0 Å². The van der Waals surface area contributed by atoms with Gasteiger partial charge in [0.15, 0.2) is 0 Å². The number of rotatable bonds is 5. The van der Waals surface area contributed by atoms with Crippen LogP contribution in [0.4, 0.5) is 0 Å². The van der Waals surface area contributed by atoms with Crippen LogP contribution in [0.25, 0.3) is 11.0 Å². The molecular formula is C15H17BrN4O. The lowest BCUT2D eigenvalue weighted by Gasteiger charge is -2.16. The van der Waals surface area contributed by atoms with Gasteiger partial charge in [-0.2, -0.15) is 5.10 Å². The maximum absolute atomic E-state index is 5.93. The highest BCUT2D eigenvalue weighted by Crippen LogP contribution is 2.31. The molecular weight excluding hydrogens is 332 g/mol. The van der Waals surface area contributed by atoms with Crippen LogP contribution in [0.3, 0.4) is 0 Å². The first-order valence-corrected chi connectivity index (χ1v) is 7.69. The summed E-state index contributed by atoms with van der Waals surface area (Å²) in [5.74, 6) is 6.56. The molecule has 1 atom stereocenters. The largest absolute Gasteiger partial charge is 0.459 e. The maximum Gasteiger partial charge on any atom is 0.134 e. The number of hydrogen-bond donors (Lipinski definition) is 2. The Labute approximate surface area is 131 Å². The second-order valence-electron chi connectivity index (χ2n) is 4.89. The van der Waals surface area contributed by atoms with Crippen molar-refractivity contribution in [1.82, 2.24) is 15.2 Å². The molecule has 2 aromatic heterocycles. The van der Waals surface area contributed by atoms with Gasteiger partial charge in [0.25, 0.3) is 0 Å². The summed E-state index contributed by atoms with van der Waals surface area (Å²) in [5, 5.41) is 5.45. The van der Waals surface area contributed by atoms with Gasteiger partial charge in [-0.1, -0.05) is 25.1 Å². The van der Waals surface area contributed by atoms with Crippen molar-refractivity contribution in [2.75, 3.05) is 0 Å². The average molecular weight is 349 g/mol. The van der Waals surface area contributed by atoms with E-state index in [0.717, 1.165) is 39.9 Å². The van der Waals surface area contributed by atoms with Crippen molar-refractivity contribution in [3.63, 3.8) is 0 Å². The molecule has 3 rings (SSSR count). The van der Waals surface area contributed by atoms with Crippen LogP contribution in [0.2, 0.25) is 0 Å². The third-order valence-corrected chi connectivity index (χ3v) is 4.05. The lowest BCUT2D eigenvalue weighted by molar-refractivity contribution is 0.445. The smallest absolute Gasteiger partial charge is 0.134 e.